The van der Waals surface area contributed by atoms with Gasteiger partial charge in [-0.05, 0) is 23.8 Å². The zero-order chi connectivity index (χ0) is 28.7. The third-order valence-electron chi connectivity index (χ3n) is 6.63. The van der Waals surface area contributed by atoms with E-state index in [1.807, 2.05) is 6.07 Å². The lowest BCUT2D eigenvalue weighted by Crippen LogP contribution is -2.61. The summed E-state index contributed by atoms with van der Waals surface area (Å²) in [6, 6.07) is 6.23. The molecule has 13 nitrogen and oxygen atoms in total. The Bertz CT molecular complexity index is 1090. The number of aliphatic hydroxyl groups is 4. The van der Waals surface area contributed by atoms with E-state index in [1.165, 1.54) is 45.6 Å². The molecule has 2 aliphatic rings. The number of esters is 1. The molecule has 1 saturated carbocycles. The maximum Gasteiger partial charge on any atom is 0.331 e. The van der Waals surface area contributed by atoms with E-state index >= 15 is 0 Å². The van der Waals surface area contributed by atoms with Crippen LogP contribution in [0.15, 0.2) is 35.9 Å². The standard InChI is InChI=1S/C26H33NO12/c1-34-17-10-13(4-6-15(17)29)5-7-20(30)39-25-22(32)19(12-28)38-26(23(25)33)37-16-11-18(35-2)24(36-3)21(31)14(16)8-9-27/h4-8,10,16,18-19,21-26,28-29,31-33H,11-12H2,1-3H3/b7-5+,14-8-/t16-,18+,19-,21+,22-,23-,24+,25+,26-/m1/s1. The number of nitriles is 1. The highest BCUT2D eigenvalue weighted by molar-refractivity contribution is 5.87. The monoisotopic (exact) mass is 551 g/mol. The normalized spacial score (nSPS) is 34.1. The van der Waals surface area contributed by atoms with E-state index in [4.69, 9.17) is 28.4 Å². The fraction of sp³-hybridized carbons (Fsp3) is 0.538. The SMILES string of the molecule is COc1cc(/C=C/C(=O)O[C@@H]2[C@@H](O)[C@H](O[C@@H]3C[C@H](OC)[C@H](OC)[C@@H](O)/C3=C\C#N)O[C@H](CO)[C@H]2O)ccc1O. The van der Waals surface area contributed by atoms with Gasteiger partial charge in [-0.1, -0.05) is 6.07 Å². The van der Waals surface area contributed by atoms with Crippen LogP contribution in [0.1, 0.15) is 12.0 Å². The van der Waals surface area contributed by atoms with Crippen LogP contribution in [0.4, 0.5) is 0 Å². The van der Waals surface area contributed by atoms with E-state index < -0.39 is 67.7 Å². The average Bonchev–Trinajstić information content (AvgIpc) is 2.93. The first-order valence-corrected chi connectivity index (χ1v) is 12.1. The molecule has 0 spiro atoms. The molecule has 1 aliphatic heterocycles. The van der Waals surface area contributed by atoms with Gasteiger partial charge in [0.25, 0.3) is 0 Å². The number of benzene rings is 1. The molecular formula is C26H33NO12. The van der Waals surface area contributed by atoms with Crippen LogP contribution in [0.25, 0.3) is 6.08 Å². The van der Waals surface area contributed by atoms with E-state index in [-0.39, 0.29) is 23.5 Å². The van der Waals surface area contributed by atoms with Crippen molar-refractivity contribution in [2.75, 3.05) is 27.9 Å². The van der Waals surface area contributed by atoms with Crippen LogP contribution in [0.2, 0.25) is 0 Å². The fourth-order valence-corrected chi connectivity index (χ4v) is 4.56. The molecule has 0 aromatic heterocycles. The molecule has 1 aliphatic carbocycles. The first kappa shape index (κ1) is 30.5. The van der Waals surface area contributed by atoms with Crippen LogP contribution in [0.3, 0.4) is 0 Å². The number of aliphatic hydroxyl groups excluding tert-OH is 4. The molecule has 1 saturated heterocycles. The Hall–Kier alpha value is -3.06. The zero-order valence-electron chi connectivity index (χ0n) is 21.6. The highest BCUT2D eigenvalue weighted by atomic mass is 16.7. The minimum atomic E-state index is -1.71. The molecular weight excluding hydrogens is 518 g/mol. The average molecular weight is 552 g/mol. The van der Waals surface area contributed by atoms with Gasteiger partial charge in [0.15, 0.2) is 23.9 Å². The summed E-state index contributed by atoms with van der Waals surface area (Å²) in [5, 5.41) is 61.0. The lowest BCUT2D eigenvalue weighted by molar-refractivity contribution is -0.314. The van der Waals surface area contributed by atoms with Gasteiger partial charge in [0, 0.05) is 38.4 Å². The Morgan fingerprint density at radius 3 is 2.51 bits per heavy atom. The molecule has 9 atom stereocenters. The lowest BCUT2D eigenvalue weighted by atomic mass is 9.84. The van der Waals surface area contributed by atoms with Crippen LogP contribution in [-0.2, 0) is 28.5 Å². The van der Waals surface area contributed by atoms with Crippen molar-refractivity contribution >= 4 is 12.0 Å². The Labute approximate surface area is 225 Å². The number of methoxy groups -OCH3 is 3. The largest absolute Gasteiger partial charge is 0.504 e. The third kappa shape index (κ3) is 6.93. The van der Waals surface area contributed by atoms with Crippen LogP contribution < -0.4 is 4.74 Å². The smallest absolute Gasteiger partial charge is 0.331 e. The van der Waals surface area contributed by atoms with Crippen molar-refractivity contribution in [3.63, 3.8) is 0 Å². The Morgan fingerprint density at radius 1 is 1.15 bits per heavy atom. The number of nitrogens with zero attached hydrogens (tertiary/aromatic N) is 1. The number of carbonyl (C=O) groups excluding carboxylic acids is 1. The van der Waals surface area contributed by atoms with E-state index in [9.17, 15) is 35.6 Å². The van der Waals surface area contributed by atoms with Crippen molar-refractivity contribution in [2.24, 2.45) is 0 Å². The summed E-state index contributed by atoms with van der Waals surface area (Å²) in [5.41, 5.74) is 0.653. The van der Waals surface area contributed by atoms with Gasteiger partial charge < -0.3 is 54.0 Å². The molecule has 0 bridgehead atoms. The lowest BCUT2D eigenvalue weighted by Gasteiger charge is -2.45. The first-order chi connectivity index (χ1) is 18.7. The number of phenols is 1. The van der Waals surface area contributed by atoms with Gasteiger partial charge in [-0.2, -0.15) is 5.26 Å². The summed E-state index contributed by atoms with van der Waals surface area (Å²) < 4.78 is 32.5. The quantitative estimate of drug-likeness (QED) is 0.148. The second-order valence-electron chi connectivity index (χ2n) is 8.93. The van der Waals surface area contributed by atoms with Crippen molar-refractivity contribution in [3.8, 4) is 17.6 Å². The second-order valence-corrected chi connectivity index (χ2v) is 8.93. The number of phenolic OH excluding ortho intramolecular Hbond substituents is 1. The molecule has 0 unspecified atom stereocenters. The van der Waals surface area contributed by atoms with Crippen molar-refractivity contribution in [1.29, 1.82) is 5.26 Å². The van der Waals surface area contributed by atoms with Gasteiger partial charge >= 0.3 is 5.97 Å². The van der Waals surface area contributed by atoms with Crippen molar-refractivity contribution in [1.82, 2.24) is 0 Å². The molecule has 2 fully saturated rings. The maximum absolute atomic E-state index is 12.6. The third-order valence-corrected chi connectivity index (χ3v) is 6.63. The van der Waals surface area contributed by atoms with Gasteiger partial charge in [0.1, 0.15) is 30.5 Å². The topological polar surface area (TPSA) is 197 Å². The van der Waals surface area contributed by atoms with Crippen LogP contribution in [0.5, 0.6) is 11.5 Å². The highest BCUT2D eigenvalue weighted by Gasteiger charge is 2.50. The predicted octanol–water partition coefficient (Wildman–Crippen LogP) is -0.605. The molecule has 1 aromatic carbocycles. The van der Waals surface area contributed by atoms with E-state index in [1.54, 1.807) is 0 Å². The summed E-state index contributed by atoms with van der Waals surface area (Å²) in [6.07, 6.45) is -7.73. The summed E-state index contributed by atoms with van der Waals surface area (Å²) in [7, 11) is 4.18. The van der Waals surface area contributed by atoms with Crippen molar-refractivity contribution in [3.05, 3.63) is 41.5 Å². The summed E-state index contributed by atoms with van der Waals surface area (Å²) in [4.78, 5) is 12.6. The molecule has 1 heterocycles. The minimum absolute atomic E-state index is 0.0837. The van der Waals surface area contributed by atoms with Gasteiger partial charge in [-0.15, -0.1) is 0 Å². The maximum atomic E-state index is 12.6. The number of hydrogen-bond acceptors (Lipinski definition) is 13. The van der Waals surface area contributed by atoms with E-state index in [0.717, 1.165) is 12.2 Å². The summed E-state index contributed by atoms with van der Waals surface area (Å²) in [6.45, 7) is -0.689. The zero-order valence-corrected chi connectivity index (χ0v) is 21.6. The molecule has 13 heteroatoms. The number of hydrogen-bond donors (Lipinski definition) is 5. The Kier molecular flexibility index (Phi) is 10.8. The van der Waals surface area contributed by atoms with Gasteiger partial charge in [-0.3, -0.25) is 0 Å². The van der Waals surface area contributed by atoms with Crippen LogP contribution >= 0.6 is 0 Å². The van der Waals surface area contributed by atoms with Crippen LogP contribution in [-0.4, -0.2) is 115 Å². The highest BCUT2D eigenvalue weighted by Crippen LogP contribution is 2.34. The fourth-order valence-electron chi connectivity index (χ4n) is 4.56. The summed E-state index contributed by atoms with van der Waals surface area (Å²) >= 11 is 0. The van der Waals surface area contributed by atoms with E-state index in [0.29, 0.717) is 5.56 Å². The van der Waals surface area contributed by atoms with E-state index in [2.05, 4.69) is 0 Å². The number of allylic oxidation sites excluding steroid dienone is 1. The van der Waals surface area contributed by atoms with Crippen molar-refractivity contribution < 1.29 is 58.7 Å². The Morgan fingerprint density at radius 2 is 1.90 bits per heavy atom. The van der Waals surface area contributed by atoms with Gasteiger partial charge in [0.2, 0.25) is 0 Å². The molecule has 0 radical (unpaired) electrons. The predicted molar refractivity (Wildman–Crippen MR) is 132 cm³/mol. The number of aromatic hydroxyl groups is 1. The number of carbonyl (C=O) groups is 1. The molecule has 1 aromatic rings. The minimum Gasteiger partial charge on any atom is -0.504 e. The summed E-state index contributed by atoms with van der Waals surface area (Å²) in [5.74, 6) is -0.820. The molecule has 3 rings (SSSR count). The molecule has 0 amide bonds. The van der Waals surface area contributed by atoms with Crippen molar-refractivity contribution in [2.45, 2.75) is 61.5 Å². The van der Waals surface area contributed by atoms with Crippen LogP contribution in [0, 0.1) is 11.3 Å². The number of rotatable bonds is 9. The first-order valence-electron chi connectivity index (χ1n) is 12.1. The number of ether oxygens (including phenoxy) is 6. The second kappa shape index (κ2) is 13.8. The molecule has 39 heavy (non-hydrogen) atoms. The molecule has 214 valence electrons. The Balaban J connectivity index is 1.78. The molecule has 5 N–H and O–H groups in total. The van der Waals surface area contributed by atoms with Gasteiger partial charge in [0.05, 0.1) is 32.0 Å². The van der Waals surface area contributed by atoms with Gasteiger partial charge in [-0.25, -0.2) is 4.79 Å².